The van der Waals surface area contributed by atoms with Gasteiger partial charge in [0.05, 0.1) is 0 Å². The zero-order valence-electron chi connectivity index (χ0n) is 17.5. The van der Waals surface area contributed by atoms with Gasteiger partial charge in [0.15, 0.2) is 11.6 Å². The molecule has 30 heavy (non-hydrogen) atoms. The molecule has 0 N–H and O–H groups in total. The van der Waals surface area contributed by atoms with Gasteiger partial charge in [0, 0.05) is 0 Å². The van der Waals surface area contributed by atoms with Crippen molar-refractivity contribution in [3.8, 4) is 29.6 Å². The van der Waals surface area contributed by atoms with Crippen LogP contribution in [0.5, 0.6) is 17.2 Å². The Morgan fingerprint density at radius 1 is 0.933 bits per heavy atom. The van der Waals surface area contributed by atoms with Gasteiger partial charge < -0.3 is 9.47 Å². The maximum atomic E-state index is 14.2. The molecule has 0 aromatic heterocycles. The van der Waals surface area contributed by atoms with Crippen molar-refractivity contribution >= 4 is 0 Å². The molecule has 0 bridgehead atoms. The molecule has 0 spiro atoms. The molecular weight excluding hydrogens is 375 g/mol. The summed E-state index contributed by atoms with van der Waals surface area (Å²) < 4.78 is 25.3. The monoisotopic (exact) mass is 402 g/mol. The van der Waals surface area contributed by atoms with E-state index in [1.165, 1.54) is 11.6 Å². The van der Waals surface area contributed by atoms with Crippen molar-refractivity contribution in [2.75, 3.05) is 6.61 Å². The summed E-state index contributed by atoms with van der Waals surface area (Å²) in [5.74, 6) is 3.79. The van der Waals surface area contributed by atoms with Crippen LogP contribution in [-0.2, 0) is 11.8 Å². The molecule has 0 aliphatic carbocycles. The van der Waals surface area contributed by atoms with Crippen LogP contribution >= 0.6 is 0 Å². The summed E-state index contributed by atoms with van der Waals surface area (Å²) in [5.41, 5.74) is 2.34. The van der Waals surface area contributed by atoms with E-state index in [0.29, 0.717) is 5.75 Å². The molecule has 0 atom stereocenters. The van der Waals surface area contributed by atoms with Gasteiger partial charge in [-0.25, -0.2) is 4.39 Å². The van der Waals surface area contributed by atoms with Gasteiger partial charge in [-0.1, -0.05) is 56.2 Å². The Morgan fingerprint density at radius 3 is 2.37 bits per heavy atom. The van der Waals surface area contributed by atoms with Crippen LogP contribution in [0, 0.1) is 18.2 Å². The van der Waals surface area contributed by atoms with Crippen molar-refractivity contribution in [2.45, 2.75) is 38.5 Å². The van der Waals surface area contributed by atoms with E-state index in [9.17, 15) is 4.39 Å². The first-order chi connectivity index (χ1) is 14.5. The molecule has 3 rings (SSSR count). The minimum atomic E-state index is -0.352. The standard InChI is InChI=1S/C27H27FO2/c1-4-19-29-23-15-13-22(14-16-23)27(2,3)18-8-9-21-12-17-25(28)26(20-21)30-24-10-6-5-7-11-24/h1,5-7,10-17,20H,8-9,18-19H2,2-3H3. The predicted octanol–water partition coefficient (Wildman–Crippen LogP) is 6.93. The fourth-order valence-corrected chi connectivity index (χ4v) is 3.40. The van der Waals surface area contributed by atoms with Crippen LogP contribution in [0.15, 0.2) is 72.8 Å². The van der Waals surface area contributed by atoms with E-state index in [2.05, 4.69) is 31.9 Å². The molecule has 0 aliphatic heterocycles. The van der Waals surface area contributed by atoms with E-state index in [-0.39, 0.29) is 23.6 Å². The number of hydrogen-bond acceptors (Lipinski definition) is 2. The minimum absolute atomic E-state index is 0.0219. The molecule has 3 heteroatoms. The second-order valence-corrected chi connectivity index (χ2v) is 7.93. The highest BCUT2D eigenvalue weighted by Crippen LogP contribution is 2.31. The third-order valence-corrected chi connectivity index (χ3v) is 5.19. The molecule has 0 amide bonds. The molecule has 0 saturated carbocycles. The number of terminal acetylenes is 1. The lowest BCUT2D eigenvalue weighted by Crippen LogP contribution is -2.17. The Hall–Kier alpha value is -3.25. The van der Waals surface area contributed by atoms with Gasteiger partial charge in [-0.2, -0.15) is 0 Å². The van der Waals surface area contributed by atoms with Crippen molar-refractivity contribution in [3.63, 3.8) is 0 Å². The molecule has 0 saturated heterocycles. The summed E-state index contributed by atoms with van der Waals surface area (Å²) in [6.07, 6.45) is 8.08. The highest BCUT2D eigenvalue weighted by atomic mass is 19.1. The number of ether oxygens (including phenoxy) is 2. The maximum absolute atomic E-state index is 14.2. The van der Waals surface area contributed by atoms with Crippen LogP contribution in [0.25, 0.3) is 0 Å². The zero-order valence-corrected chi connectivity index (χ0v) is 17.5. The molecule has 0 radical (unpaired) electrons. The Kier molecular flexibility index (Phi) is 7.14. The van der Waals surface area contributed by atoms with E-state index >= 15 is 0 Å². The first kappa shape index (κ1) is 21.5. The molecular formula is C27H27FO2. The average Bonchev–Trinajstić information content (AvgIpc) is 2.75. The number of para-hydroxylation sites is 1. The topological polar surface area (TPSA) is 18.5 Å². The minimum Gasteiger partial charge on any atom is -0.481 e. The first-order valence-corrected chi connectivity index (χ1v) is 10.2. The smallest absolute Gasteiger partial charge is 0.165 e. The van der Waals surface area contributed by atoms with E-state index < -0.39 is 0 Å². The Balaban J connectivity index is 1.58. The third-order valence-electron chi connectivity index (χ3n) is 5.19. The van der Waals surface area contributed by atoms with Crippen molar-refractivity contribution in [3.05, 3.63) is 89.7 Å². The van der Waals surface area contributed by atoms with Gasteiger partial charge >= 0.3 is 0 Å². The second-order valence-electron chi connectivity index (χ2n) is 7.93. The Morgan fingerprint density at radius 2 is 1.67 bits per heavy atom. The summed E-state index contributed by atoms with van der Waals surface area (Å²) in [5, 5.41) is 0. The fourth-order valence-electron chi connectivity index (χ4n) is 3.40. The first-order valence-electron chi connectivity index (χ1n) is 10.2. The predicted molar refractivity (Wildman–Crippen MR) is 120 cm³/mol. The normalized spacial score (nSPS) is 11.0. The van der Waals surface area contributed by atoms with Crippen LogP contribution in [0.4, 0.5) is 4.39 Å². The Labute approximate surface area is 178 Å². The van der Waals surface area contributed by atoms with Crippen molar-refractivity contribution in [1.82, 2.24) is 0 Å². The van der Waals surface area contributed by atoms with Crippen molar-refractivity contribution in [2.24, 2.45) is 0 Å². The molecule has 3 aromatic rings. The third kappa shape index (κ3) is 5.87. The van der Waals surface area contributed by atoms with Crippen molar-refractivity contribution in [1.29, 1.82) is 0 Å². The van der Waals surface area contributed by atoms with Crippen LogP contribution in [0.3, 0.4) is 0 Å². The summed E-state index contributed by atoms with van der Waals surface area (Å²) in [4.78, 5) is 0. The lowest BCUT2D eigenvalue weighted by atomic mass is 9.80. The lowest BCUT2D eigenvalue weighted by Gasteiger charge is -2.25. The lowest BCUT2D eigenvalue weighted by molar-refractivity contribution is 0.369. The average molecular weight is 403 g/mol. The van der Waals surface area contributed by atoms with Crippen LogP contribution in [0.2, 0.25) is 0 Å². The van der Waals surface area contributed by atoms with E-state index in [1.807, 2.05) is 48.5 Å². The van der Waals surface area contributed by atoms with E-state index in [4.69, 9.17) is 15.9 Å². The molecule has 0 aliphatic rings. The van der Waals surface area contributed by atoms with Crippen LogP contribution in [0.1, 0.15) is 37.8 Å². The molecule has 0 heterocycles. The van der Waals surface area contributed by atoms with E-state index in [1.54, 1.807) is 6.07 Å². The molecule has 0 fully saturated rings. The summed E-state index contributed by atoms with van der Waals surface area (Å²) in [6, 6.07) is 22.5. The van der Waals surface area contributed by atoms with Gasteiger partial charge in [-0.15, -0.1) is 6.42 Å². The quantitative estimate of drug-likeness (QED) is 0.361. The molecule has 2 nitrogen and oxygen atoms in total. The summed E-state index contributed by atoms with van der Waals surface area (Å²) in [7, 11) is 0. The highest BCUT2D eigenvalue weighted by molar-refractivity contribution is 5.35. The summed E-state index contributed by atoms with van der Waals surface area (Å²) in [6.45, 7) is 4.74. The molecule has 154 valence electrons. The highest BCUT2D eigenvalue weighted by Gasteiger charge is 2.20. The van der Waals surface area contributed by atoms with Gasteiger partial charge in [0.2, 0.25) is 0 Å². The number of hydrogen-bond donors (Lipinski definition) is 0. The number of aryl methyl sites for hydroxylation is 1. The van der Waals surface area contributed by atoms with Gasteiger partial charge in [-0.05, 0) is 72.2 Å². The maximum Gasteiger partial charge on any atom is 0.165 e. The molecule has 0 unspecified atom stereocenters. The summed E-state index contributed by atoms with van der Waals surface area (Å²) >= 11 is 0. The SMILES string of the molecule is C#CCOc1ccc(C(C)(C)CCCc2ccc(F)c(Oc3ccccc3)c2)cc1. The number of halogens is 1. The van der Waals surface area contributed by atoms with Gasteiger partial charge in [0.1, 0.15) is 18.1 Å². The molecule has 3 aromatic carbocycles. The fraction of sp³-hybridized carbons (Fsp3) is 0.259. The van der Waals surface area contributed by atoms with Crippen LogP contribution in [-0.4, -0.2) is 6.61 Å². The second kappa shape index (κ2) is 9.98. The largest absolute Gasteiger partial charge is 0.481 e. The number of benzene rings is 3. The van der Waals surface area contributed by atoms with E-state index in [0.717, 1.165) is 30.6 Å². The van der Waals surface area contributed by atoms with Gasteiger partial charge in [0.25, 0.3) is 0 Å². The Bertz CT molecular complexity index is 986. The zero-order chi connectivity index (χ0) is 21.4. The number of rotatable bonds is 9. The van der Waals surface area contributed by atoms with Gasteiger partial charge in [-0.3, -0.25) is 0 Å². The van der Waals surface area contributed by atoms with Crippen LogP contribution < -0.4 is 9.47 Å². The van der Waals surface area contributed by atoms with Crippen molar-refractivity contribution < 1.29 is 13.9 Å².